The Labute approximate surface area is 146 Å². The van der Waals surface area contributed by atoms with E-state index in [4.69, 9.17) is 4.74 Å². The van der Waals surface area contributed by atoms with Crippen molar-refractivity contribution >= 4 is 33.6 Å². The lowest BCUT2D eigenvalue weighted by molar-refractivity contribution is 0.264. The van der Waals surface area contributed by atoms with Crippen molar-refractivity contribution in [3.05, 3.63) is 64.1 Å². The summed E-state index contributed by atoms with van der Waals surface area (Å²) < 4.78 is 34.1. The molecule has 120 valence electrons. The maximum Gasteiger partial charge on any atom is 0.222 e. The van der Waals surface area contributed by atoms with Crippen LogP contribution >= 0.6 is 27.7 Å². The van der Waals surface area contributed by atoms with E-state index in [0.29, 0.717) is 6.61 Å². The molecule has 0 bridgehead atoms. The van der Waals surface area contributed by atoms with Gasteiger partial charge < -0.3 is 4.74 Å². The first-order valence-corrected chi connectivity index (χ1v) is 8.94. The average Bonchev–Trinajstić information content (AvgIpc) is 2.55. The molecule has 2 aromatic carbocycles. The minimum absolute atomic E-state index is 0.0218. The van der Waals surface area contributed by atoms with E-state index in [1.165, 1.54) is 18.2 Å². The summed E-state index contributed by atoms with van der Waals surface area (Å²) in [4.78, 5) is 5.52. The highest BCUT2D eigenvalue weighted by Gasteiger charge is 2.22. The van der Waals surface area contributed by atoms with Crippen LogP contribution in [0.2, 0.25) is 0 Å². The molecule has 0 aromatic heterocycles. The van der Waals surface area contributed by atoms with Crippen molar-refractivity contribution in [2.24, 2.45) is 4.99 Å². The Kier molecular flexibility index (Phi) is 5.33. The molecule has 2 aromatic rings. The number of halogens is 3. The van der Waals surface area contributed by atoms with Gasteiger partial charge in [-0.1, -0.05) is 22.0 Å². The molecule has 0 amide bonds. The normalized spacial score (nSPS) is 17.5. The van der Waals surface area contributed by atoms with Gasteiger partial charge in [0.05, 0.1) is 12.6 Å². The van der Waals surface area contributed by atoms with E-state index in [2.05, 4.69) is 20.9 Å². The smallest absolute Gasteiger partial charge is 0.222 e. The number of aliphatic imine (C=N–C) groups is 1. The predicted molar refractivity (Wildman–Crippen MR) is 92.1 cm³/mol. The van der Waals surface area contributed by atoms with Crippen LogP contribution in [0.1, 0.15) is 12.0 Å². The molecule has 1 unspecified atom stereocenters. The molecule has 1 atom stereocenters. The first kappa shape index (κ1) is 16.5. The van der Waals surface area contributed by atoms with Crippen LogP contribution in [0.5, 0.6) is 0 Å². The SMILES string of the molecule is Fc1cccc(F)c1C1=NC(CSc2ccc(Br)cc2)CCO1. The van der Waals surface area contributed by atoms with Crippen LogP contribution in [0.4, 0.5) is 8.78 Å². The van der Waals surface area contributed by atoms with E-state index in [1.54, 1.807) is 11.8 Å². The van der Waals surface area contributed by atoms with E-state index < -0.39 is 11.6 Å². The molecular formula is C17H14BrF2NOS. The van der Waals surface area contributed by atoms with Crippen molar-refractivity contribution in [1.82, 2.24) is 0 Å². The van der Waals surface area contributed by atoms with Crippen LogP contribution in [0.15, 0.2) is 56.8 Å². The van der Waals surface area contributed by atoms with Crippen molar-refractivity contribution in [3.8, 4) is 0 Å². The van der Waals surface area contributed by atoms with Gasteiger partial charge in [0.15, 0.2) is 0 Å². The Morgan fingerprint density at radius 1 is 1.13 bits per heavy atom. The summed E-state index contributed by atoms with van der Waals surface area (Å²) in [5.41, 5.74) is -0.175. The fourth-order valence-corrected chi connectivity index (χ4v) is 3.46. The summed E-state index contributed by atoms with van der Waals surface area (Å²) >= 11 is 5.07. The molecule has 23 heavy (non-hydrogen) atoms. The zero-order valence-electron chi connectivity index (χ0n) is 12.1. The average molecular weight is 398 g/mol. The summed E-state index contributed by atoms with van der Waals surface area (Å²) in [6, 6.07) is 11.7. The number of hydrogen-bond acceptors (Lipinski definition) is 3. The summed E-state index contributed by atoms with van der Waals surface area (Å²) in [6.07, 6.45) is 0.739. The van der Waals surface area contributed by atoms with Gasteiger partial charge >= 0.3 is 0 Å². The largest absolute Gasteiger partial charge is 0.477 e. The molecule has 0 aliphatic carbocycles. The van der Waals surface area contributed by atoms with Crippen LogP contribution in [-0.4, -0.2) is 24.3 Å². The molecule has 3 rings (SSSR count). The van der Waals surface area contributed by atoms with Crippen LogP contribution < -0.4 is 0 Å². The lowest BCUT2D eigenvalue weighted by Crippen LogP contribution is -2.25. The van der Waals surface area contributed by atoms with Crippen molar-refractivity contribution in [2.45, 2.75) is 17.4 Å². The first-order valence-electron chi connectivity index (χ1n) is 7.17. The number of thioether (sulfide) groups is 1. The molecule has 0 fully saturated rings. The first-order chi connectivity index (χ1) is 11.1. The van der Waals surface area contributed by atoms with Gasteiger partial charge in [0.2, 0.25) is 5.90 Å². The molecule has 0 saturated heterocycles. The Hall–Kier alpha value is -1.40. The Morgan fingerprint density at radius 3 is 2.52 bits per heavy atom. The number of benzene rings is 2. The lowest BCUT2D eigenvalue weighted by atomic mass is 10.1. The molecule has 1 heterocycles. The Balaban J connectivity index is 1.73. The van der Waals surface area contributed by atoms with Gasteiger partial charge in [0.1, 0.15) is 17.2 Å². The van der Waals surface area contributed by atoms with Gasteiger partial charge in [0, 0.05) is 21.5 Å². The van der Waals surface area contributed by atoms with Gasteiger partial charge in [-0.15, -0.1) is 11.8 Å². The van der Waals surface area contributed by atoms with Crippen molar-refractivity contribution in [1.29, 1.82) is 0 Å². The van der Waals surface area contributed by atoms with E-state index in [0.717, 1.165) is 21.5 Å². The van der Waals surface area contributed by atoms with Crippen LogP contribution in [0.25, 0.3) is 0 Å². The third-order valence-corrected chi connectivity index (χ3v) is 5.11. The maximum atomic E-state index is 13.8. The van der Waals surface area contributed by atoms with Gasteiger partial charge in [-0.2, -0.15) is 0 Å². The van der Waals surface area contributed by atoms with E-state index in [-0.39, 0.29) is 17.5 Å². The number of ether oxygens (including phenoxy) is 1. The fraction of sp³-hybridized carbons (Fsp3) is 0.235. The quantitative estimate of drug-likeness (QED) is 0.672. The lowest BCUT2D eigenvalue weighted by Gasteiger charge is -2.21. The molecule has 1 aliphatic heterocycles. The summed E-state index contributed by atoms with van der Waals surface area (Å²) in [5.74, 6) is -0.493. The summed E-state index contributed by atoms with van der Waals surface area (Å²) in [7, 11) is 0. The van der Waals surface area contributed by atoms with Crippen LogP contribution in [0, 0.1) is 11.6 Å². The van der Waals surface area contributed by atoms with Crippen molar-refractivity contribution in [3.63, 3.8) is 0 Å². The number of rotatable bonds is 4. The van der Waals surface area contributed by atoms with E-state index in [1.807, 2.05) is 24.3 Å². The van der Waals surface area contributed by atoms with Gasteiger partial charge in [0.25, 0.3) is 0 Å². The molecule has 0 N–H and O–H groups in total. The third kappa shape index (κ3) is 4.12. The highest BCUT2D eigenvalue weighted by molar-refractivity contribution is 9.10. The second-order valence-corrected chi connectivity index (χ2v) is 7.10. The highest BCUT2D eigenvalue weighted by atomic mass is 79.9. The fourth-order valence-electron chi connectivity index (χ4n) is 2.24. The molecule has 2 nitrogen and oxygen atoms in total. The van der Waals surface area contributed by atoms with Crippen LogP contribution in [-0.2, 0) is 4.74 Å². The van der Waals surface area contributed by atoms with E-state index in [9.17, 15) is 8.78 Å². The monoisotopic (exact) mass is 397 g/mol. The standard InChI is InChI=1S/C17H14BrF2NOS/c18-11-4-6-13(7-5-11)23-10-12-8-9-22-17(21-12)16-14(19)2-1-3-15(16)20/h1-7,12H,8-10H2. The van der Waals surface area contributed by atoms with Gasteiger partial charge in [-0.25, -0.2) is 13.8 Å². The minimum atomic E-state index is -0.648. The molecule has 1 aliphatic rings. The summed E-state index contributed by atoms with van der Waals surface area (Å²) in [6.45, 7) is 0.415. The maximum absolute atomic E-state index is 13.8. The molecule has 0 saturated carbocycles. The van der Waals surface area contributed by atoms with Gasteiger partial charge in [-0.05, 0) is 36.4 Å². The topological polar surface area (TPSA) is 21.6 Å². The zero-order chi connectivity index (χ0) is 16.2. The van der Waals surface area contributed by atoms with Crippen LogP contribution in [0.3, 0.4) is 0 Å². The molecule has 0 spiro atoms. The minimum Gasteiger partial charge on any atom is -0.477 e. The highest BCUT2D eigenvalue weighted by Crippen LogP contribution is 2.25. The molecule has 6 heteroatoms. The Bertz CT molecular complexity index is 701. The van der Waals surface area contributed by atoms with Crippen molar-refractivity contribution < 1.29 is 13.5 Å². The van der Waals surface area contributed by atoms with E-state index >= 15 is 0 Å². The van der Waals surface area contributed by atoms with Gasteiger partial charge in [-0.3, -0.25) is 0 Å². The van der Waals surface area contributed by atoms with Crippen molar-refractivity contribution in [2.75, 3.05) is 12.4 Å². The molecular weight excluding hydrogens is 384 g/mol. The zero-order valence-corrected chi connectivity index (χ0v) is 14.5. The third-order valence-electron chi connectivity index (χ3n) is 3.42. The number of nitrogens with zero attached hydrogens (tertiary/aromatic N) is 1. The second-order valence-electron chi connectivity index (χ2n) is 5.09. The predicted octanol–water partition coefficient (Wildman–Crippen LogP) is 5.06. The second kappa shape index (κ2) is 7.45. The summed E-state index contributed by atoms with van der Waals surface area (Å²) in [5, 5.41) is 0. The number of hydrogen-bond donors (Lipinski definition) is 0. The Morgan fingerprint density at radius 2 is 1.83 bits per heavy atom. The molecule has 0 radical (unpaired) electrons.